The van der Waals surface area contributed by atoms with Crippen molar-refractivity contribution in [1.29, 1.82) is 0 Å². The topological polar surface area (TPSA) is 55.2 Å². The lowest BCUT2D eigenvalue weighted by Gasteiger charge is -2.33. The van der Waals surface area contributed by atoms with E-state index in [4.69, 9.17) is 0 Å². The molecule has 0 amide bonds. The summed E-state index contributed by atoms with van der Waals surface area (Å²) in [6, 6.07) is 13.2. The second-order valence-corrected chi connectivity index (χ2v) is 10.6. The van der Waals surface area contributed by atoms with Crippen LogP contribution in [0.3, 0.4) is 0 Å². The van der Waals surface area contributed by atoms with Gasteiger partial charge in [0.25, 0.3) is 10.0 Å². The lowest BCUT2D eigenvalue weighted by molar-refractivity contribution is 0.248. The molecule has 0 aliphatic rings. The third-order valence-electron chi connectivity index (χ3n) is 5.06. The predicted molar refractivity (Wildman–Crippen MR) is 117 cm³/mol. The van der Waals surface area contributed by atoms with Crippen LogP contribution in [0.2, 0.25) is 0 Å². The fraction of sp³-hybridized carbons (Fsp3) is 0.350. The van der Waals surface area contributed by atoms with E-state index in [2.05, 4.69) is 34.9 Å². The lowest BCUT2D eigenvalue weighted by atomic mass is 9.92. The molecule has 150 valence electrons. The lowest BCUT2D eigenvalue weighted by Crippen LogP contribution is -2.36. The first-order chi connectivity index (χ1) is 13.4. The van der Waals surface area contributed by atoms with Crippen LogP contribution in [0.5, 0.6) is 0 Å². The van der Waals surface area contributed by atoms with Crippen LogP contribution >= 0.6 is 27.3 Å². The minimum Gasteiger partial charge on any atom is -0.236 e. The van der Waals surface area contributed by atoms with Gasteiger partial charge in [0.2, 0.25) is 0 Å². The van der Waals surface area contributed by atoms with Crippen LogP contribution in [0.25, 0.3) is 5.69 Å². The Morgan fingerprint density at radius 1 is 1.14 bits per heavy atom. The minimum atomic E-state index is -3.65. The Kier molecular flexibility index (Phi) is 6.75. The number of aromatic nitrogens is 2. The van der Waals surface area contributed by atoms with Gasteiger partial charge in [0.15, 0.2) is 0 Å². The number of rotatable bonds is 8. The molecule has 2 heterocycles. The highest BCUT2D eigenvalue weighted by atomic mass is 79.9. The summed E-state index contributed by atoms with van der Waals surface area (Å²) in [5.74, 6) is 0.165. The zero-order valence-electron chi connectivity index (χ0n) is 16.1. The summed E-state index contributed by atoms with van der Waals surface area (Å²) in [5.41, 5.74) is 1.79. The molecule has 1 atom stereocenters. The molecule has 5 nitrogen and oxygen atoms in total. The molecule has 0 fully saturated rings. The first kappa shape index (κ1) is 21.2. The van der Waals surface area contributed by atoms with E-state index in [1.807, 2.05) is 41.1 Å². The molecule has 0 aliphatic heterocycles. The Labute approximate surface area is 179 Å². The number of sulfonamides is 1. The van der Waals surface area contributed by atoms with E-state index in [1.54, 1.807) is 24.7 Å². The van der Waals surface area contributed by atoms with Crippen LogP contribution in [-0.2, 0) is 10.0 Å². The predicted octanol–water partition coefficient (Wildman–Crippen LogP) is 5.49. The molecule has 0 saturated carbocycles. The number of nitrogens with zero attached hydrogens (tertiary/aromatic N) is 3. The molecule has 3 aromatic rings. The van der Waals surface area contributed by atoms with Gasteiger partial charge in [-0.15, -0.1) is 11.3 Å². The smallest absolute Gasteiger partial charge is 0.236 e. The van der Waals surface area contributed by atoms with Crippen LogP contribution in [0.4, 0.5) is 0 Å². The van der Waals surface area contributed by atoms with Gasteiger partial charge in [0.1, 0.15) is 4.21 Å². The summed E-state index contributed by atoms with van der Waals surface area (Å²) in [4.78, 5) is 0. The highest BCUT2D eigenvalue weighted by molar-refractivity contribution is 9.10. The van der Waals surface area contributed by atoms with Crippen molar-refractivity contribution in [2.45, 2.75) is 36.9 Å². The summed E-state index contributed by atoms with van der Waals surface area (Å²) in [7, 11) is -1.98. The molecule has 3 rings (SSSR count). The van der Waals surface area contributed by atoms with E-state index in [0.717, 1.165) is 24.2 Å². The number of hydrogen-bond donors (Lipinski definition) is 0. The van der Waals surface area contributed by atoms with Crippen molar-refractivity contribution < 1.29 is 8.42 Å². The number of benzene rings is 1. The fourth-order valence-electron chi connectivity index (χ4n) is 3.53. The summed E-state index contributed by atoms with van der Waals surface area (Å²) in [5, 5.41) is 6.27. The van der Waals surface area contributed by atoms with Crippen LogP contribution in [0.1, 0.15) is 38.4 Å². The summed E-state index contributed by atoms with van der Waals surface area (Å²) in [6.45, 7) is 4.21. The average Bonchev–Trinajstić information content (AvgIpc) is 3.35. The van der Waals surface area contributed by atoms with Crippen molar-refractivity contribution in [2.75, 3.05) is 7.05 Å². The molecular weight excluding hydrogens is 458 g/mol. The Bertz CT molecular complexity index is 1010. The normalized spacial score (nSPS) is 13.4. The van der Waals surface area contributed by atoms with Gasteiger partial charge in [-0.25, -0.2) is 13.1 Å². The maximum atomic E-state index is 13.4. The molecular formula is C20H24BrN3O2S2. The Morgan fingerprint density at radius 2 is 1.82 bits per heavy atom. The largest absolute Gasteiger partial charge is 0.254 e. The Balaban J connectivity index is 2.12. The van der Waals surface area contributed by atoms with E-state index in [0.29, 0.717) is 8.68 Å². The summed E-state index contributed by atoms with van der Waals surface area (Å²) < 4.78 is 31.1. The maximum Gasteiger partial charge on any atom is 0.254 e. The third kappa shape index (κ3) is 3.96. The monoisotopic (exact) mass is 481 g/mol. The Morgan fingerprint density at radius 3 is 2.39 bits per heavy atom. The SMILES string of the molecule is CCC(CC)C(c1ccnn1-c1ccccc1)N(C)S(=O)(=O)c1sccc1Br. The van der Waals surface area contributed by atoms with Gasteiger partial charge in [0, 0.05) is 17.7 Å². The van der Waals surface area contributed by atoms with Gasteiger partial charge in [-0.1, -0.05) is 44.9 Å². The maximum absolute atomic E-state index is 13.4. The number of halogens is 1. The standard InChI is InChI=1S/C20H24BrN3O2S2/c1-4-15(5-2)19(23(3)28(25,26)20-17(21)12-14-27-20)18-11-13-22-24(18)16-9-7-6-8-10-16/h6-15,19H,4-5H2,1-3H3. The molecule has 1 aromatic carbocycles. The van der Waals surface area contributed by atoms with E-state index >= 15 is 0 Å². The van der Waals surface area contributed by atoms with Gasteiger partial charge in [-0.2, -0.15) is 9.40 Å². The fourth-order valence-corrected chi connectivity index (χ4v) is 7.40. The van der Waals surface area contributed by atoms with Gasteiger partial charge < -0.3 is 0 Å². The quantitative estimate of drug-likeness (QED) is 0.427. The van der Waals surface area contributed by atoms with Gasteiger partial charge in [-0.3, -0.25) is 0 Å². The average molecular weight is 482 g/mol. The first-order valence-electron chi connectivity index (χ1n) is 9.22. The van der Waals surface area contributed by atoms with Crippen LogP contribution < -0.4 is 0 Å². The van der Waals surface area contributed by atoms with Gasteiger partial charge >= 0.3 is 0 Å². The first-order valence-corrected chi connectivity index (χ1v) is 12.3. The van der Waals surface area contributed by atoms with Crippen LogP contribution in [-0.4, -0.2) is 29.6 Å². The van der Waals surface area contributed by atoms with Crippen molar-refractivity contribution in [3.63, 3.8) is 0 Å². The van der Waals surface area contributed by atoms with E-state index < -0.39 is 10.0 Å². The molecule has 0 radical (unpaired) electrons. The Hall–Kier alpha value is -1.48. The molecule has 2 aromatic heterocycles. The third-order valence-corrected chi connectivity index (χ3v) is 9.55. The number of thiophene rings is 1. The summed E-state index contributed by atoms with van der Waals surface area (Å²) in [6.07, 6.45) is 3.47. The highest BCUT2D eigenvalue weighted by Gasteiger charge is 2.36. The van der Waals surface area contributed by atoms with Crippen molar-refractivity contribution in [1.82, 2.24) is 14.1 Å². The zero-order chi connectivity index (χ0) is 20.3. The number of para-hydroxylation sites is 1. The van der Waals surface area contributed by atoms with E-state index in [1.165, 1.54) is 15.6 Å². The second kappa shape index (κ2) is 8.90. The van der Waals surface area contributed by atoms with Crippen LogP contribution in [0.15, 0.2) is 62.7 Å². The highest BCUT2D eigenvalue weighted by Crippen LogP contribution is 2.39. The molecule has 0 spiro atoms. The molecule has 0 bridgehead atoms. The summed E-state index contributed by atoms with van der Waals surface area (Å²) >= 11 is 4.61. The van der Waals surface area contributed by atoms with Crippen LogP contribution in [0, 0.1) is 5.92 Å². The van der Waals surface area contributed by atoms with E-state index in [-0.39, 0.29) is 12.0 Å². The molecule has 1 unspecified atom stereocenters. The molecule has 0 aliphatic carbocycles. The second-order valence-electron chi connectivity index (χ2n) is 6.60. The van der Waals surface area contributed by atoms with Crippen molar-refractivity contribution >= 4 is 37.3 Å². The molecule has 0 N–H and O–H groups in total. The van der Waals surface area contributed by atoms with Crippen molar-refractivity contribution in [3.8, 4) is 5.69 Å². The van der Waals surface area contributed by atoms with Gasteiger partial charge in [0.05, 0.1) is 17.4 Å². The zero-order valence-corrected chi connectivity index (χ0v) is 19.3. The van der Waals surface area contributed by atoms with E-state index in [9.17, 15) is 8.42 Å². The van der Waals surface area contributed by atoms with Crippen molar-refractivity contribution in [3.05, 3.63) is 64.2 Å². The van der Waals surface area contributed by atoms with Crippen molar-refractivity contribution in [2.24, 2.45) is 5.92 Å². The molecule has 28 heavy (non-hydrogen) atoms. The molecule has 8 heteroatoms. The minimum absolute atomic E-state index is 0.165. The molecule has 0 saturated heterocycles. The van der Waals surface area contributed by atoms with Gasteiger partial charge in [-0.05, 0) is 51.5 Å². The number of hydrogen-bond acceptors (Lipinski definition) is 4.